The molecule has 0 unspecified atom stereocenters. The van der Waals surface area contributed by atoms with E-state index < -0.39 is 5.97 Å². The van der Waals surface area contributed by atoms with Crippen LogP contribution < -0.4 is 10.1 Å². The van der Waals surface area contributed by atoms with Crippen molar-refractivity contribution in [3.8, 4) is 5.75 Å². The maximum absolute atomic E-state index is 11.5. The molecule has 21 heavy (non-hydrogen) atoms. The Bertz CT molecular complexity index is 497. The van der Waals surface area contributed by atoms with Crippen LogP contribution >= 0.6 is 0 Å². The van der Waals surface area contributed by atoms with Gasteiger partial charge in [-0.3, -0.25) is 4.79 Å². The lowest BCUT2D eigenvalue weighted by Gasteiger charge is -2.10. The Hall–Kier alpha value is -2.30. The van der Waals surface area contributed by atoms with Crippen LogP contribution in [-0.4, -0.2) is 32.0 Å². The zero-order valence-corrected chi connectivity index (χ0v) is 12.4. The van der Waals surface area contributed by atoms with Gasteiger partial charge in [-0.05, 0) is 31.6 Å². The number of benzene rings is 1. The molecule has 1 aromatic carbocycles. The summed E-state index contributed by atoms with van der Waals surface area (Å²) >= 11 is 0. The van der Waals surface area contributed by atoms with E-state index in [-0.39, 0.29) is 5.78 Å². The third kappa shape index (κ3) is 6.61. The molecule has 0 aliphatic rings. The van der Waals surface area contributed by atoms with Crippen LogP contribution in [0.4, 0.5) is 5.69 Å². The minimum atomic E-state index is -0.488. The van der Waals surface area contributed by atoms with Crippen LogP contribution in [0.15, 0.2) is 36.4 Å². The number of nitrogens with one attached hydrogen (secondary N) is 1. The molecule has 0 aliphatic carbocycles. The number of carbonyl (C=O) groups is 2. The number of para-hydroxylation sites is 2. The fourth-order valence-electron chi connectivity index (χ4n) is 1.71. The maximum Gasteiger partial charge on any atom is 0.330 e. The summed E-state index contributed by atoms with van der Waals surface area (Å²) in [5, 5.41) is 3.21. The van der Waals surface area contributed by atoms with E-state index in [9.17, 15) is 9.59 Å². The van der Waals surface area contributed by atoms with Crippen molar-refractivity contribution in [2.45, 2.75) is 19.8 Å². The number of esters is 1. The fraction of sp³-hybridized carbons (Fsp3) is 0.375. The molecule has 0 aromatic heterocycles. The summed E-state index contributed by atoms with van der Waals surface area (Å²) in [6.07, 6.45) is 3.47. The molecule has 0 amide bonds. The summed E-state index contributed by atoms with van der Waals surface area (Å²) < 4.78 is 9.92. The monoisotopic (exact) mass is 291 g/mol. The van der Waals surface area contributed by atoms with Crippen molar-refractivity contribution in [1.29, 1.82) is 0 Å². The van der Waals surface area contributed by atoms with Crippen molar-refractivity contribution in [2.75, 3.05) is 25.6 Å². The summed E-state index contributed by atoms with van der Waals surface area (Å²) in [6.45, 7) is 2.68. The molecule has 0 heterocycles. The Kier molecular flexibility index (Phi) is 7.64. The first kappa shape index (κ1) is 16.8. The number of allylic oxidation sites excluding steroid dienone is 1. The first-order valence-electron chi connectivity index (χ1n) is 6.92. The highest BCUT2D eigenvalue weighted by Crippen LogP contribution is 2.22. The molecule has 0 fully saturated rings. The van der Waals surface area contributed by atoms with Gasteiger partial charge in [-0.2, -0.15) is 0 Å². The second-order valence-corrected chi connectivity index (χ2v) is 4.28. The smallest absolute Gasteiger partial charge is 0.330 e. The third-order valence-corrected chi connectivity index (χ3v) is 2.71. The van der Waals surface area contributed by atoms with Gasteiger partial charge in [0.1, 0.15) is 5.75 Å². The van der Waals surface area contributed by atoms with Crippen molar-refractivity contribution < 1.29 is 19.1 Å². The second kappa shape index (κ2) is 9.58. The molecular formula is C16H21NO4. The average Bonchev–Trinajstić information content (AvgIpc) is 2.50. The van der Waals surface area contributed by atoms with Crippen LogP contribution in [0.25, 0.3) is 0 Å². The number of ether oxygens (including phenoxy) is 2. The fourth-order valence-corrected chi connectivity index (χ4v) is 1.71. The molecule has 0 radical (unpaired) electrons. The molecule has 114 valence electrons. The predicted octanol–water partition coefficient (Wildman–Crippen LogP) is 2.58. The van der Waals surface area contributed by atoms with Crippen molar-refractivity contribution in [3.05, 3.63) is 36.4 Å². The number of rotatable bonds is 9. The number of ketones is 1. The predicted molar refractivity (Wildman–Crippen MR) is 81.5 cm³/mol. The molecule has 5 nitrogen and oxygen atoms in total. The maximum atomic E-state index is 11.5. The van der Waals surface area contributed by atoms with Gasteiger partial charge in [0.2, 0.25) is 0 Å². The van der Waals surface area contributed by atoms with Crippen LogP contribution in [0.5, 0.6) is 5.75 Å². The van der Waals surface area contributed by atoms with Gasteiger partial charge in [-0.15, -0.1) is 0 Å². The van der Waals surface area contributed by atoms with Gasteiger partial charge in [-0.1, -0.05) is 12.1 Å². The molecule has 0 saturated heterocycles. The van der Waals surface area contributed by atoms with E-state index in [4.69, 9.17) is 9.47 Å². The van der Waals surface area contributed by atoms with Crippen LogP contribution in [0.1, 0.15) is 19.8 Å². The van der Waals surface area contributed by atoms with Gasteiger partial charge in [0.05, 0.1) is 19.4 Å². The van der Waals surface area contributed by atoms with E-state index in [1.807, 2.05) is 24.3 Å². The molecule has 5 heteroatoms. The van der Waals surface area contributed by atoms with Crippen LogP contribution in [0, 0.1) is 0 Å². The van der Waals surface area contributed by atoms with E-state index in [0.717, 1.165) is 11.4 Å². The summed E-state index contributed by atoms with van der Waals surface area (Å²) in [5.74, 6) is 0.189. The van der Waals surface area contributed by atoms with Crippen LogP contribution in [0.3, 0.4) is 0 Å². The zero-order chi connectivity index (χ0) is 15.5. The quantitative estimate of drug-likeness (QED) is 0.430. The van der Waals surface area contributed by atoms with Gasteiger partial charge >= 0.3 is 5.97 Å². The summed E-state index contributed by atoms with van der Waals surface area (Å²) in [5.41, 5.74) is 0.898. The van der Waals surface area contributed by atoms with Gasteiger partial charge in [0.15, 0.2) is 5.78 Å². The summed E-state index contributed by atoms with van der Waals surface area (Å²) in [6, 6.07) is 7.60. The number of anilines is 1. The zero-order valence-electron chi connectivity index (χ0n) is 12.4. The van der Waals surface area contributed by atoms with Gasteiger partial charge in [-0.25, -0.2) is 4.79 Å². The highest BCUT2D eigenvalue weighted by molar-refractivity contribution is 5.95. The average molecular weight is 291 g/mol. The van der Waals surface area contributed by atoms with E-state index in [1.165, 1.54) is 12.2 Å². The molecule has 0 atom stereocenters. The molecule has 0 saturated carbocycles. The lowest BCUT2D eigenvalue weighted by Crippen LogP contribution is -2.06. The van der Waals surface area contributed by atoms with Crippen molar-refractivity contribution in [2.24, 2.45) is 0 Å². The normalized spacial score (nSPS) is 10.4. The molecule has 0 bridgehead atoms. The standard InChI is InChI=1S/C16H21NO4/c1-3-21-16(19)11-10-13(18)7-6-12-17-14-8-4-5-9-15(14)20-2/h4-5,8-11,17H,3,6-7,12H2,1-2H3. The second-order valence-electron chi connectivity index (χ2n) is 4.28. The van der Waals surface area contributed by atoms with E-state index in [0.29, 0.717) is 26.0 Å². The lowest BCUT2D eigenvalue weighted by atomic mass is 10.2. The molecule has 1 aromatic rings. The molecule has 1 rings (SSSR count). The summed E-state index contributed by atoms with van der Waals surface area (Å²) in [4.78, 5) is 22.6. The Labute approximate surface area is 124 Å². The Balaban J connectivity index is 2.27. The molecule has 0 aliphatic heterocycles. The van der Waals surface area contributed by atoms with E-state index >= 15 is 0 Å². The van der Waals surface area contributed by atoms with Crippen molar-refractivity contribution >= 4 is 17.4 Å². The van der Waals surface area contributed by atoms with Gasteiger partial charge < -0.3 is 14.8 Å². The Morgan fingerprint density at radius 2 is 2.00 bits per heavy atom. The highest BCUT2D eigenvalue weighted by atomic mass is 16.5. The Morgan fingerprint density at radius 1 is 1.24 bits per heavy atom. The van der Waals surface area contributed by atoms with Gasteiger partial charge in [0, 0.05) is 19.0 Å². The van der Waals surface area contributed by atoms with E-state index in [2.05, 4.69) is 5.32 Å². The number of carbonyl (C=O) groups excluding carboxylic acids is 2. The first-order chi connectivity index (χ1) is 10.2. The minimum absolute atomic E-state index is 0.0927. The lowest BCUT2D eigenvalue weighted by molar-refractivity contribution is -0.137. The number of hydrogen-bond donors (Lipinski definition) is 1. The van der Waals surface area contributed by atoms with Crippen LogP contribution in [0.2, 0.25) is 0 Å². The van der Waals surface area contributed by atoms with E-state index in [1.54, 1.807) is 14.0 Å². The van der Waals surface area contributed by atoms with Crippen LogP contribution in [-0.2, 0) is 14.3 Å². The van der Waals surface area contributed by atoms with Crippen molar-refractivity contribution in [3.63, 3.8) is 0 Å². The van der Waals surface area contributed by atoms with Gasteiger partial charge in [0.25, 0.3) is 0 Å². The largest absolute Gasteiger partial charge is 0.495 e. The third-order valence-electron chi connectivity index (χ3n) is 2.71. The molecule has 0 spiro atoms. The number of hydrogen-bond acceptors (Lipinski definition) is 5. The molecular weight excluding hydrogens is 270 g/mol. The Morgan fingerprint density at radius 3 is 2.71 bits per heavy atom. The highest BCUT2D eigenvalue weighted by Gasteiger charge is 2.02. The topological polar surface area (TPSA) is 64.6 Å². The SMILES string of the molecule is CCOC(=O)C=CC(=O)CCCNc1ccccc1OC. The number of methoxy groups -OCH3 is 1. The molecule has 1 N–H and O–H groups in total. The summed E-state index contributed by atoms with van der Waals surface area (Å²) in [7, 11) is 1.62. The first-order valence-corrected chi connectivity index (χ1v) is 6.92. The van der Waals surface area contributed by atoms with Crippen molar-refractivity contribution in [1.82, 2.24) is 0 Å². The minimum Gasteiger partial charge on any atom is -0.495 e.